The van der Waals surface area contributed by atoms with Gasteiger partial charge in [0.25, 0.3) is 0 Å². The van der Waals surface area contributed by atoms with Crippen LogP contribution in [0.5, 0.6) is 5.88 Å². The molecule has 0 saturated carbocycles. The molecule has 0 saturated heterocycles. The molecule has 1 aromatic heterocycles. The third-order valence-corrected chi connectivity index (χ3v) is 2.76. The van der Waals surface area contributed by atoms with Crippen LogP contribution in [0.15, 0.2) is 0 Å². The molecular formula is C11H21N3O2. The van der Waals surface area contributed by atoms with Crippen LogP contribution in [-0.4, -0.2) is 34.6 Å². The first-order valence-electron chi connectivity index (χ1n) is 5.54. The lowest BCUT2D eigenvalue weighted by Crippen LogP contribution is -2.31. The fourth-order valence-corrected chi connectivity index (χ4v) is 1.72. The van der Waals surface area contributed by atoms with Gasteiger partial charge in [0, 0.05) is 19.6 Å². The molecular weight excluding hydrogens is 206 g/mol. The molecule has 1 aromatic rings. The molecule has 0 unspecified atom stereocenters. The summed E-state index contributed by atoms with van der Waals surface area (Å²) < 4.78 is 7.02. The molecule has 0 aromatic carbocycles. The van der Waals surface area contributed by atoms with E-state index in [9.17, 15) is 0 Å². The van der Waals surface area contributed by atoms with Crippen LogP contribution >= 0.6 is 0 Å². The van der Waals surface area contributed by atoms with Crippen LogP contribution in [0.1, 0.15) is 24.6 Å². The van der Waals surface area contributed by atoms with Gasteiger partial charge in [0.1, 0.15) is 0 Å². The summed E-state index contributed by atoms with van der Waals surface area (Å²) in [5.74, 6) is 0.776. The van der Waals surface area contributed by atoms with Crippen LogP contribution in [0.2, 0.25) is 0 Å². The molecule has 2 N–H and O–H groups in total. The summed E-state index contributed by atoms with van der Waals surface area (Å²) in [5.41, 5.74) is 2.01. The topological polar surface area (TPSA) is 59.3 Å². The van der Waals surface area contributed by atoms with Gasteiger partial charge in [0.2, 0.25) is 5.88 Å². The Balaban J connectivity index is 2.72. The Labute approximate surface area is 96.4 Å². The Hall–Kier alpha value is -1.07. The van der Waals surface area contributed by atoms with Crippen molar-refractivity contribution in [1.29, 1.82) is 0 Å². The van der Waals surface area contributed by atoms with Gasteiger partial charge in [0.15, 0.2) is 0 Å². The largest absolute Gasteiger partial charge is 0.481 e. The van der Waals surface area contributed by atoms with E-state index in [0.29, 0.717) is 6.54 Å². The van der Waals surface area contributed by atoms with E-state index >= 15 is 0 Å². The number of aliphatic hydroxyl groups is 1. The van der Waals surface area contributed by atoms with Crippen molar-refractivity contribution in [3.05, 3.63) is 11.3 Å². The van der Waals surface area contributed by atoms with Crippen LogP contribution in [0, 0.1) is 6.92 Å². The third-order valence-electron chi connectivity index (χ3n) is 2.76. The number of nitrogens with zero attached hydrogens (tertiary/aromatic N) is 2. The van der Waals surface area contributed by atoms with E-state index in [0.717, 1.165) is 23.6 Å². The Morgan fingerprint density at radius 2 is 2.25 bits per heavy atom. The molecule has 1 heterocycles. The predicted molar refractivity (Wildman–Crippen MR) is 62.5 cm³/mol. The van der Waals surface area contributed by atoms with Gasteiger partial charge in [0.05, 0.1) is 25.0 Å². The average Bonchev–Trinajstić information content (AvgIpc) is 2.54. The van der Waals surface area contributed by atoms with Crippen molar-refractivity contribution < 1.29 is 9.84 Å². The summed E-state index contributed by atoms with van der Waals surface area (Å²) in [5, 5.41) is 16.7. The molecule has 0 spiro atoms. The maximum absolute atomic E-state index is 9.09. The van der Waals surface area contributed by atoms with E-state index in [1.807, 2.05) is 20.9 Å². The van der Waals surface area contributed by atoms with E-state index in [1.165, 1.54) is 0 Å². The number of ether oxygens (including phenoxy) is 1. The lowest BCUT2D eigenvalue weighted by Gasteiger charge is -2.14. The number of hydrogen-bond acceptors (Lipinski definition) is 4. The molecule has 5 heteroatoms. The Bertz CT molecular complexity index is 332. The average molecular weight is 227 g/mol. The maximum Gasteiger partial charge on any atom is 0.216 e. The van der Waals surface area contributed by atoms with E-state index in [2.05, 4.69) is 10.4 Å². The second-order valence-electron chi connectivity index (χ2n) is 3.87. The van der Waals surface area contributed by atoms with Gasteiger partial charge in [-0.05, 0) is 13.3 Å². The third kappa shape index (κ3) is 2.74. The predicted octanol–water partition coefficient (Wildman–Crippen LogP) is 0.598. The number of rotatable bonds is 6. The molecule has 0 amide bonds. The quantitative estimate of drug-likeness (QED) is 0.747. The highest BCUT2D eigenvalue weighted by molar-refractivity contribution is 5.30. The highest BCUT2D eigenvalue weighted by Gasteiger charge is 2.14. The van der Waals surface area contributed by atoms with E-state index in [-0.39, 0.29) is 12.6 Å². The zero-order chi connectivity index (χ0) is 12.1. The van der Waals surface area contributed by atoms with Gasteiger partial charge in [-0.25, -0.2) is 4.68 Å². The molecule has 0 fully saturated rings. The first-order chi connectivity index (χ1) is 7.63. The fourth-order valence-electron chi connectivity index (χ4n) is 1.72. The van der Waals surface area contributed by atoms with Gasteiger partial charge in [-0.2, -0.15) is 5.10 Å². The van der Waals surface area contributed by atoms with Gasteiger partial charge in [-0.1, -0.05) is 6.92 Å². The summed E-state index contributed by atoms with van der Waals surface area (Å²) >= 11 is 0. The Morgan fingerprint density at radius 3 is 2.75 bits per heavy atom. The standard InChI is InChI=1S/C11H21N3O2/c1-5-9(7-15)12-6-10-8(2)13-14(3)11(10)16-4/h9,12,15H,5-7H2,1-4H3/t9-/m1/s1. The number of methoxy groups -OCH3 is 1. The van der Waals surface area contributed by atoms with Gasteiger partial charge >= 0.3 is 0 Å². The molecule has 0 aliphatic heterocycles. The van der Waals surface area contributed by atoms with Crippen molar-refractivity contribution in [2.75, 3.05) is 13.7 Å². The minimum atomic E-state index is 0.129. The molecule has 1 rings (SSSR count). The highest BCUT2D eigenvalue weighted by atomic mass is 16.5. The van der Waals surface area contributed by atoms with Gasteiger partial charge < -0.3 is 15.2 Å². The number of aliphatic hydroxyl groups excluding tert-OH is 1. The summed E-state index contributed by atoms with van der Waals surface area (Å²) in [4.78, 5) is 0. The Morgan fingerprint density at radius 1 is 1.56 bits per heavy atom. The number of aromatic nitrogens is 2. The maximum atomic E-state index is 9.09. The first kappa shape index (κ1) is 13.0. The van der Waals surface area contributed by atoms with Crippen molar-refractivity contribution in [2.45, 2.75) is 32.9 Å². The fraction of sp³-hybridized carbons (Fsp3) is 0.727. The number of hydrogen-bond donors (Lipinski definition) is 2. The highest BCUT2D eigenvalue weighted by Crippen LogP contribution is 2.20. The summed E-state index contributed by atoms with van der Waals surface area (Å²) in [6.45, 7) is 4.82. The SMILES string of the molecule is CC[C@H](CO)NCc1c(C)nn(C)c1OC. The van der Waals surface area contributed by atoms with Gasteiger partial charge in [-0.3, -0.25) is 0 Å². The lowest BCUT2D eigenvalue weighted by molar-refractivity contribution is 0.237. The normalized spacial score (nSPS) is 12.8. The van der Waals surface area contributed by atoms with Crippen LogP contribution < -0.4 is 10.1 Å². The molecule has 5 nitrogen and oxygen atoms in total. The van der Waals surface area contributed by atoms with Crippen LogP contribution in [0.3, 0.4) is 0 Å². The number of nitrogens with one attached hydrogen (secondary N) is 1. The van der Waals surface area contributed by atoms with E-state index in [1.54, 1.807) is 11.8 Å². The van der Waals surface area contributed by atoms with Crippen LogP contribution in [0.25, 0.3) is 0 Å². The van der Waals surface area contributed by atoms with Crippen molar-refractivity contribution >= 4 is 0 Å². The minimum Gasteiger partial charge on any atom is -0.481 e. The smallest absolute Gasteiger partial charge is 0.216 e. The Kier molecular flexibility index (Phi) is 4.76. The van der Waals surface area contributed by atoms with Crippen molar-refractivity contribution in [2.24, 2.45) is 7.05 Å². The zero-order valence-corrected chi connectivity index (χ0v) is 10.4. The molecule has 92 valence electrons. The van der Waals surface area contributed by atoms with E-state index in [4.69, 9.17) is 9.84 Å². The lowest BCUT2D eigenvalue weighted by atomic mass is 10.2. The van der Waals surface area contributed by atoms with Crippen molar-refractivity contribution in [3.8, 4) is 5.88 Å². The van der Waals surface area contributed by atoms with Crippen molar-refractivity contribution in [3.63, 3.8) is 0 Å². The van der Waals surface area contributed by atoms with Crippen LogP contribution in [0.4, 0.5) is 0 Å². The molecule has 16 heavy (non-hydrogen) atoms. The molecule has 0 radical (unpaired) electrons. The second kappa shape index (κ2) is 5.86. The number of aryl methyl sites for hydroxylation is 2. The molecule has 0 bridgehead atoms. The van der Waals surface area contributed by atoms with E-state index < -0.39 is 0 Å². The monoisotopic (exact) mass is 227 g/mol. The summed E-state index contributed by atoms with van der Waals surface area (Å²) in [7, 11) is 3.50. The minimum absolute atomic E-state index is 0.129. The second-order valence-corrected chi connectivity index (χ2v) is 3.87. The molecule has 0 aliphatic carbocycles. The zero-order valence-electron chi connectivity index (χ0n) is 10.4. The van der Waals surface area contributed by atoms with Crippen molar-refractivity contribution in [1.82, 2.24) is 15.1 Å². The molecule has 1 atom stereocenters. The van der Waals surface area contributed by atoms with Gasteiger partial charge in [-0.15, -0.1) is 0 Å². The molecule has 0 aliphatic rings. The summed E-state index contributed by atoms with van der Waals surface area (Å²) in [6, 6.07) is 0.129. The first-order valence-corrected chi connectivity index (χ1v) is 5.54. The summed E-state index contributed by atoms with van der Waals surface area (Å²) in [6.07, 6.45) is 0.901. The van der Waals surface area contributed by atoms with Crippen LogP contribution in [-0.2, 0) is 13.6 Å².